The Morgan fingerprint density at radius 2 is 1.67 bits per heavy atom. The van der Waals surface area contributed by atoms with Gasteiger partial charge in [-0.25, -0.2) is 0 Å². The molecule has 0 unspecified atom stereocenters. The molecule has 2 heteroatoms. The average molecular weight is 237 g/mol. The Labute approximate surface area is 106 Å². The van der Waals surface area contributed by atoms with Gasteiger partial charge < -0.3 is 10.7 Å². The lowest BCUT2D eigenvalue weighted by Crippen LogP contribution is -2.53. The van der Waals surface area contributed by atoms with Gasteiger partial charge in [-0.05, 0) is 17.2 Å². The second kappa shape index (κ2) is 4.67. The highest BCUT2D eigenvalue weighted by Crippen LogP contribution is 2.29. The number of nitrogens with one attached hydrogen (secondary N) is 1. The van der Waals surface area contributed by atoms with Gasteiger partial charge in [-0.2, -0.15) is 0 Å². The van der Waals surface area contributed by atoms with Gasteiger partial charge in [0, 0.05) is 17.1 Å². The van der Waals surface area contributed by atoms with Crippen LogP contribution in [0.25, 0.3) is 10.9 Å². The number of aromatic nitrogens is 1. The summed E-state index contributed by atoms with van der Waals surface area (Å²) in [5, 5.41) is 1.30. The van der Waals surface area contributed by atoms with E-state index in [1.165, 1.54) is 22.0 Å². The molecule has 0 radical (unpaired) electrons. The molecule has 0 fully saturated rings. The third kappa shape index (κ3) is 1.81. The Bertz CT molecular complexity index is 640. The highest BCUT2D eigenvalue weighted by Gasteiger charge is 2.17. The average Bonchev–Trinajstić information content (AvgIpc) is 2.85. The zero-order chi connectivity index (χ0) is 12.4. The quantitative estimate of drug-likeness (QED) is 0.703. The summed E-state index contributed by atoms with van der Waals surface area (Å²) in [5.74, 6) is 0.363. The van der Waals surface area contributed by atoms with Crippen molar-refractivity contribution in [2.45, 2.75) is 5.92 Å². The van der Waals surface area contributed by atoms with Gasteiger partial charge in [-0.1, -0.05) is 48.5 Å². The molecule has 3 aromatic rings. The maximum absolute atomic E-state index is 4.11. The number of benzene rings is 2. The third-order valence-corrected chi connectivity index (χ3v) is 3.49. The van der Waals surface area contributed by atoms with E-state index in [-0.39, 0.29) is 0 Å². The summed E-state index contributed by atoms with van der Waals surface area (Å²) in [6, 6.07) is 19.0. The first kappa shape index (κ1) is 11.1. The lowest BCUT2D eigenvalue weighted by Gasteiger charge is -2.12. The zero-order valence-electron chi connectivity index (χ0n) is 10.3. The fourth-order valence-electron chi connectivity index (χ4n) is 2.57. The molecule has 1 atom stereocenters. The normalized spacial score (nSPS) is 12.7. The Morgan fingerprint density at radius 1 is 0.944 bits per heavy atom. The summed E-state index contributed by atoms with van der Waals surface area (Å²) in [5.41, 5.74) is 7.98. The number of H-pyrrole nitrogens is 1. The van der Waals surface area contributed by atoms with E-state index in [2.05, 4.69) is 71.5 Å². The number of aromatic amines is 1. The standard InChI is InChI=1S/C16H16N2/c17-10-14(12-6-2-1-3-7-12)15-11-18-16-9-5-4-8-13(15)16/h1-9,11,14,18H,10,17H2/p+1/t14-/m1/s1. The van der Waals surface area contributed by atoms with Crippen molar-refractivity contribution in [2.75, 3.05) is 6.54 Å². The minimum Gasteiger partial charge on any atom is -0.361 e. The van der Waals surface area contributed by atoms with Gasteiger partial charge in [0.25, 0.3) is 0 Å². The van der Waals surface area contributed by atoms with Gasteiger partial charge in [0.2, 0.25) is 0 Å². The highest BCUT2D eigenvalue weighted by atomic mass is 14.7. The van der Waals surface area contributed by atoms with Crippen LogP contribution < -0.4 is 5.73 Å². The number of rotatable bonds is 3. The maximum atomic E-state index is 4.11. The van der Waals surface area contributed by atoms with Crippen molar-refractivity contribution < 1.29 is 5.73 Å². The fraction of sp³-hybridized carbons (Fsp3) is 0.125. The molecule has 18 heavy (non-hydrogen) atoms. The number of quaternary nitrogens is 1. The van der Waals surface area contributed by atoms with Gasteiger partial charge in [-0.3, -0.25) is 0 Å². The van der Waals surface area contributed by atoms with Gasteiger partial charge in [0.15, 0.2) is 0 Å². The first-order chi connectivity index (χ1) is 8.90. The van der Waals surface area contributed by atoms with Gasteiger partial charge >= 0.3 is 0 Å². The van der Waals surface area contributed by atoms with Crippen LogP contribution in [-0.2, 0) is 0 Å². The number of para-hydroxylation sites is 1. The van der Waals surface area contributed by atoms with Crippen LogP contribution in [0.2, 0.25) is 0 Å². The van der Waals surface area contributed by atoms with Crippen LogP contribution in [0.15, 0.2) is 60.8 Å². The predicted octanol–water partition coefficient (Wildman–Crippen LogP) is 2.54. The van der Waals surface area contributed by atoms with Crippen molar-refractivity contribution >= 4 is 10.9 Å². The molecule has 0 aliphatic carbocycles. The molecule has 0 amide bonds. The van der Waals surface area contributed by atoms with Crippen molar-refractivity contribution in [2.24, 2.45) is 0 Å². The van der Waals surface area contributed by atoms with E-state index >= 15 is 0 Å². The molecule has 0 saturated heterocycles. The van der Waals surface area contributed by atoms with Crippen LogP contribution in [0.4, 0.5) is 0 Å². The second-order valence-corrected chi connectivity index (χ2v) is 4.54. The Hall–Kier alpha value is -2.06. The molecule has 2 aromatic carbocycles. The minimum absolute atomic E-state index is 0.363. The maximum Gasteiger partial charge on any atom is 0.0851 e. The first-order valence-corrected chi connectivity index (χ1v) is 6.30. The third-order valence-electron chi connectivity index (χ3n) is 3.49. The van der Waals surface area contributed by atoms with Crippen LogP contribution in [-0.4, -0.2) is 11.5 Å². The molecule has 1 heterocycles. The summed E-state index contributed by atoms with van der Waals surface area (Å²) >= 11 is 0. The zero-order valence-corrected chi connectivity index (χ0v) is 10.3. The van der Waals surface area contributed by atoms with E-state index in [1.54, 1.807) is 0 Å². The van der Waals surface area contributed by atoms with E-state index in [4.69, 9.17) is 0 Å². The molecule has 4 N–H and O–H groups in total. The first-order valence-electron chi connectivity index (χ1n) is 6.30. The molecule has 0 aliphatic rings. The molecule has 0 spiro atoms. The lowest BCUT2D eigenvalue weighted by molar-refractivity contribution is -0.370. The van der Waals surface area contributed by atoms with Gasteiger partial charge in [0.1, 0.15) is 0 Å². The monoisotopic (exact) mass is 237 g/mol. The SMILES string of the molecule is [NH3+]C[C@H](c1ccccc1)c1c[nH]c2ccccc12. The molecule has 1 aromatic heterocycles. The Balaban J connectivity index is 2.12. The van der Waals surface area contributed by atoms with E-state index < -0.39 is 0 Å². The van der Waals surface area contributed by atoms with E-state index in [0.717, 1.165) is 6.54 Å². The van der Waals surface area contributed by atoms with Crippen molar-refractivity contribution in [1.29, 1.82) is 0 Å². The molecular formula is C16H17N2+. The topological polar surface area (TPSA) is 43.4 Å². The van der Waals surface area contributed by atoms with Crippen molar-refractivity contribution in [1.82, 2.24) is 4.98 Å². The van der Waals surface area contributed by atoms with Crippen LogP contribution in [0, 0.1) is 0 Å². The van der Waals surface area contributed by atoms with Crippen LogP contribution in [0.3, 0.4) is 0 Å². The highest BCUT2D eigenvalue weighted by molar-refractivity contribution is 5.84. The van der Waals surface area contributed by atoms with Gasteiger partial charge in [-0.15, -0.1) is 0 Å². The van der Waals surface area contributed by atoms with E-state index in [1.807, 2.05) is 0 Å². The van der Waals surface area contributed by atoms with Crippen LogP contribution >= 0.6 is 0 Å². The van der Waals surface area contributed by atoms with Crippen molar-refractivity contribution in [3.8, 4) is 0 Å². The minimum atomic E-state index is 0.363. The molecule has 3 rings (SSSR count). The number of hydrogen-bond acceptors (Lipinski definition) is 0. The van der Waals surface area contributed by atoms with Gasteiger partial charge in [0.05, 0.1) is 12.5 Å². The largest absolute Gasteiger partial charge is 0.361 e. The lowest BCUT2D eigenvalue weighted by atomic mass is 9.91. The number of hydrogen-bond donors (Lipinski definition) is 2. The molecule has 0 saturated carbocycles. The Morgan fingerprint density at radius 3 is 2.44 bits per heavy atom. The second-order valence-electron chi connectivity index (χ2n) is 4.54. The summed E-state index contributed by atoms with van der Waals surface area (Å²) in [6.45, 7) is 0.867. The Kier molecular flexibility index (Phi) is 2.87. The molecule has 0 aliphatic heterocycles. The van der Waals surface area contributed by atoms with Crippen LogP contribution in [0.1, 0.15) is 17.0 Å². The van der Waals surface area contributed by atoms with E-state index in [0.29, 0.717) is 5.92 Å². The fourth-order valence-corrected chi connectivity index (χ4v) is 2.57. The molecule has 0 bridgehead atoms. The smallest absolute Gasteiger partial charge is 0.0851 e. The molecular weight excluding hydrogens is 220 g/mol. The number of fused-ring (bicyclic) bond motifs is 1. The molecule has 90 valence electrons. The predicted molar refractivity (Wildman–Crippen MR) is 74.3 cm³/mol. The van der Waals surface area contributed by atoms with E-state index in [9.17, 15) is 0 Å². The van der Waals surface area contributed by atoms with Crippen LogP contribution in [0.5, 0.6) is 0 Å². The van der Waals surface area contributed by atoms with Crippen molar-refractivity contribution in [3.63, 3.8) is 0 Å². The summed E-state index contributed by atoms with van der Waals surface area (Å²) in [7, 11) is 0. The summed E-state index contributed by atoms with van der Waals surface area (Å²) < 4.78 is 0. The van der Waals surface area contributed by atoms with Crippen molar-refractivity contribution in [3.05, 3.63) is 71.9 Å². The summed E-state index contributed by atoms with van der Waals surface area (Å²) in [4.78, 5) is 3.34. The summed E-state index contributed by atoms with van der Waals surface area (Å²) in [6.07, 6.45) is 2.12. The molecule has 2 nitrogen and oxygen atoms in total.